The van der Waals surface area contributed by atoms with Crippen LogP contribution < -0.4 is 29.1 Å². The number of hydrogen-bond donors (Lipinski definition) is 0. The number of thiazole rings is 1. The number of benzene rings is 3. The molecule has 0 N–H and O–H groups in total. The van der Waals surface area contributed by atoms with E-state index in [1.54, 1.807) is 81.6 Å². The molecule has 1 aliphatic rings. The number of carbonyl (C=O) groups is 2. The quantitative estimate of drug-likeness (QED) is 0.208. The highest BCUT2D eigenvalue weighted by Gasteiger charge is 2.33. The molecule has 1 aromatic heterocycles. The van der Waals surface area contributed by atoms with Gasteiger partial charge in [0.05, 0.1) is 53.3 Å². The van der Waals surface area contributed by atoms with Gasteiger partial charge in [0.15, 0.2) is 16.3 Å². The van der Waals surface area contributed by atoms with E-state index < -0.39 is 18.0 Å². The van der Waals surface area contributed by atoms with Crippen molar-refractivity contribution in [2.45, 2.75) is 19.9 Å². The summed E-state index contributed by atoms with van der Waals surface area (Å²) in [5, 5.41) is 0.271. The lowest BCUT2D eigenvalue weighted by atomic mass is 9.96. The zero-order chi connectivity index (χ0) is 30.7. The van der Waals surface area contributed by atoms with Crippen molar-refractivity contribution in [1.29, 1.82) is 0 Å². The summed E-state index contributed by atoms with van der Waals surface area (Å²) in [5.41, 5.74) is 1.99. The van der Waals surface area contributed by atoms with Crippen molar-refractivity contribution >= 4 is 41.0 Å². The van der Waals surface area contributed by atoms with E-state index in [2.05, 4.69) is 4.99 Å². The van der Waals surface area contributed by atoms with Crippen LogP contribution in [0.2, 0.25) is 5.02 Å². The first-order valence-electron chi connectivity index (χ1n) is 13.2. The Balaban J connectivity index is 1.56. The molecule has 3 aromatic carbocycles. The van der Waals surface area contributed by atoms with Gasteiger partial charge in [0, 0.05) is 0 Å². The van der Waals surface area contributed by atoms with Gasteiger partial charge in [-0.05, 0) is 67.4 Å². The lowest BCUT2D eigenvalue weighted by Gasteiger charge is -2.24. The number of esters is 2. The Hall–Kier alpha value is -4.67. The van der Waals surface area contributed by atoms with E-state index >= 15 is 0 Å². The van der Waals surface area contributed by atoms with Crippen molar-refractivity contribution < 1.29 is 28.5 Å². The Morgan fingerprint density at radius 1 is 1.00 bits per heavy atom. The SMILES string of the molecule is CCOC(=O)C1=C(C)N=c2s/c(=C/c3ccc(OC(=O)c4ccccc4Cl)c(OC)c3)c(=O)n2C1c1ccc(OC)cc1. The Labute approximate surface area is 255 Å². The molecule has 0 saturated carbocycles. The van der Waals surface area contributed by atoms with Crippen LogP contribution in [-0.4, -0.2) is 37.3 Å². The Bertz CT molecular complexity index is 1930. The number of allylic oxidation sites excluding steroid dienone is 1. The summed E-state index contributed by atoms with van der Waals surface area (Å²) < 4.78 is 23.6. The summed E-state index contributed by atoms with van der Waals surface area (Å²) in [6.07, 6.45) is 1.69. The first-order valence-corrected chi connectivity index (χ1v) is 14.4. The van der Waals surface area contributed by atoms with Crippen LogP contribution in [0.4, 0.5) is 0 Å². The number of methoxy groups -OCH3 is 2. The standard InChI is InChI=1S/C32H27ClN2O7S/c1-5-41-31(38)27-18(2)34-32-35(28(27)20-11-13-21(39-3)14-12-20)29(36)26(43-32)17-19-10-15-24(25(16-19)40-4)42-30(37)22-8-6-7-9-23(22)33/h6-17,28H,5H2,1-4H3/b26-17+. The van der Waals surface area contributed by atoms with Crippen molar-refractivity contribution in [2.75, 3.05) is 20.8 Å². The highest BCUT2D eigenvalue weighted by atomic mass is 35.5. The topological polar surface area (TPSA) is 105 Å². The van der Waals surface area contributed by atoms with Gasteiger partial charge in [0.1, 0.15) is 5.75 Å². The molecule has 0 amide bonds. The molecule has 11 heteroatoms. The van der Waals surface area contributed by atoms with E-state index in [-0.39, 0.29) is 34.1 Å². The molecular formula is C32H27ClN2O7S. The number of carbonyl (C=O) groups excluding carboxylic acids is 2. The monoisotopic (exact) mass is 618 g/mol. The van der Waals surface area contributed by atoms with Crippen LogP contribution in [0.15, 0.2) is 87.8 Å². The molecule has 0 spiro atoms. The molecule has 0 bridgehead atoms. The maximum atomic E-state index is 13.9. The average Bonchev–Trinajstić information content (AvgIpc) is 3.31. The highest BCUT2D eigenvalue weighted by molar-refractivity contribution is 7.07. The van der Waals surface area contributed by atoms with Crippen molar-refractivity contribution in [2.24, 2.45) is 4.99 Å². The van der Waals surface area contributed by atoms with Crippen molar-refractivity contribution in [3.8, 4) is 17.2 Å². The Morgan fingerprint density at radius 3 is 2.42 bits per heavy atom. The lowest BCUT2D eigenvalue weighted by Crippen LogP contribution is -2.39. The fraction of sp³-hybridized carbons (Fsp3) is 0.188. The van der Waals surface area contributed by atoms with Crippen molar-refractivity contribution in [3.63, 3.8) is 0 Å². The van der Waals surface area contributed by atoms with Crippen LogP contribution in [0, 0.1) is 0 Å². The number of halogens is 1. The van der Waals surface area contributed by atoms with Gasteiger partial charge >= 0.3 is 11.9 Å². The van der Waals surface area contributed by atoms with E-state index in [1.165, 1.54) is 23.0 Å². The van der Waals surface area contributed by atoms with E-state index in [9.17, 15) is 14.4 Å². The van der Waals surface area contributed by atoms with Crippen LogP contribution in [0.25, 0.3) is 6.08 Å². The summed E-state index contributed by atoms with van der Waals surface area (Å²) in [6, 6.07) is 17.9. The minimum absolute atomic E-state index is 0.181. The van der Waals surface area contributed by atoms with Gasteiger partial charge in [-0.3, -0.25) is 9.36 Å². The van der Waals surface area contributed by atoms with Crippen molar-refractivity contribution in [1.82, 2.24) is 4.57 Å². The summed E-state index contributed by atoms with van der Waals surface area (Å²) in [5.74, 6) is -0.0371. The molecular weight excluding hydrogens is 592 g/mol. The van der Waals surface area contributed by atoms with Gasteiger partial charge < -0.3 is 18.9 Å². The fourth-order valence-electron chi connectivity index (χ4n) is 4.68. The summed E-state index contributed by atoms with van der Waals surface area (Å²) in [7, 11) is 3.02. The first kappa shape index (κ1) is 29.8. The third-order valence-electron chi connectivity index (χ3n) is 6.73. The Kier molecular flexibility index (Phi) is 8.79. The van der Waals surface area contributed by atoms with Crippen LogP contribution in [-0.2, 0) is 9.53 Å². The molecule has 220 valence electrons. The molecule has 9 nitrogen and oxygen atoms in total. The first-order chi connectivity index (χ1) is 20.7. The molecule has 2 heterocycles. The highest BCUT2D eigenvalue weighted by Crippen LogP contribution is 2.32. The second-order valence-corrected chi connectivity index (χ2v) is 10.8. The fourth-order valence-corrected chi connectivity index (χ4v) is 5.94. The van der Waals surface area contributed by atoms with E-state index in [4.69, 9.17) is 30.5 Å². The normalized spacial score (nSPS) is 14.5. The molecule has 1 aliphatic heterocycles. The maximum absolute atomic E-state index is 13.9. The molecule has 0 radical (unpaired) electrons. The van der Waals surface area contributed by atoms with E-state index in [0.717, 1.165) is 0 Å². The summed E-state index contributed by atoms with van der Waals surface area (Å²) in [4.78, 5) is 44.7. The van der Waals surface area contributed by atoms with Crippen molar-refractivity contribution in [3.05, 3.63) is 119 Å². The largest absolute Gasteiger partial charge is 0.497 e. The molecule has 0 fully saturated rings. The van der Waals surface area contributed by atoms with Gasteiger partial charge in [-0.25, -0.2) is 14.6 Å². The van der Waals surface area contributed by atoms with Gasteiger partial charge in [0.2, 0.25) is 0 Å². The second-order valence-electron chi connectivity index (χ2n) is 9.36. The van der Waals surface area contributed by atoms with Gasteiger partial charge in [0.25, 0.3) is 5.56 Å². The summed E-state index contributed by atoms with van der Waals surface area (Å²) in [6.45, 7) is 3.64. The Morgan fingerprint density at radius 2 is 1.74 bits per heavy atom. The molecule has 1 atom stereocenters. The van der Waals surface area contributed by atoms with Gasteiger partial charge in [-0.15, -0.1) is 0 Å². The van der Waals surface area contributed by atoms with Crippen LogP contribution in [0.5, 0.6) is 17.2 Å². The summed E-state index contributed by atoms with van der Waals surface area (Å²) >= 11 is 7.33. The molecule has 0 aliphatic carbocycles. The predicted octanol–water partition coefficient (Wildman–Crippen LogP) is 4.69. The number of nitrogens with zero attached hydrogens (tertiary/aromatic N) is 2. The molecule has 0 saturated heterocycles. The van der Waals surface area contributed by atoms with Crippen LogP contribution in [0.3, 0.4) is 0 Å². The zero-order valence-electron chi connectivity index (χ0n) is 23.8. The number of aromatic nitrogens is 1. The third kappa shape index (κ3) is 5.97. The second kappa shape index (κ2) is 12.7. The molecule has 4 aromatic rings. The number of rotatable bonds is 8. The molecule has 1 unspecified atom stereocenters. The number of fused-ring (bicyclic) bond motifs is 1. The van der Waals surface area contributed by atoms with Gasteiger partial charge in [-0.2, -0.15) is 0 Å². The number of ether oxygens (including phenoxy) is 4. The average molecular weight is 619 g/mol. The van der Waals surface area contributed by atoms with Crippen LogP contribution >= 0.6 is 22.9 Å². The van der Waals surface area contributed by atoms with E-state index in [1.807, 2.05) is 12.1 Å². The van der Waals surface area contributed by atoms with Crippen LogP contribution in [0.1, 0.15) is 41.4 Å². The lowest BCUT2D eigenvalue weighted by molar-refractivity contribution is -0.139. The smallest absolute Gasteiger partial charge is 0.345 e. The minimum atomic E-state index is -0.746. The molecule has 43 heavy (non-hydrogen) atoms. The van der Waals surface area contributed by atoms with E-state index in [0.29, 0.717) is 37.7 Å². The maximum Gasteiger partial charge on any atom is 0.345 e. The zero-order valence-corrected chi connectivity index (χ0v) is 25.3. The third-order valence-corrected chi connectivity index (χ3v) is 8.04. The van der Waals surface area contributed by atoms with Gasteiger partial charge in [-0.1, -0.05) is 53.3 Å². The predicted molar refractivity (Wildman–Crippen MR) is 163 cm³/mol. The molecule has 5 rings (SSSR count). The number of hydrogen-bond acceptors (Lipinski definition) is 9. The minimum Gasteiger partial charge on any atom is -0.497 e.